The molecule has 194 valence electrons. The third kappa shape index (κ3) is 6.52. The second-order valence-electron chi connectivity index (χ2n) is 9.25. The minimum absolute atomic E-state index is 0.168. The topological polar surface area (TPSA) is 88.2 Å². The summed E-state index contributed by atoms with van der Waals surface area (Å²) < 4.78 is 10.5. The smallest absolute Gasteiger partial charge is 0.341 e. The van der Waals surface area contributed by atoms with Gasteiger partial charge in [0.05, 0.1) is 31.2 Å². The third-order valence-corrected chi connectivity index (χ3v) is 7.74. The fraction of sp³-hybridized carbons (Fsp3) is 0.519. The van der Waals surface area contributed by atoms with Crippen molar-refractivity contribution >= 4 is 34.2 Å². The van der Waals surface area contributed by atoms with Gasteiger partial charge in [-0.3, -0.25) is 19.4 Å². The van der Waals surface area contributed by atoms with E-state index in [0.29, 0.717) is 23.7 Å². The first kappa shape index (κ1) is 26.3. The SMILES string of the molecule is CCOC(=O)c1c(NC(=O)CN2CCC[C@H](C(=O)OCC)C2)sc2c1CCN(Cc1ccccc1)C2. The van der Waals surface area contributed by atoms with E-state index in [1.54, 1.807) is 13.8 Å². The number of rotatable bonds is 9. The van der Waals surface area contributed by atoms with Crippen LogP contribution in [0.1, 0.15) is 53.1 Å². The van der Waals surface area contributed by atoms with E-state index >= 15 is 0 Å². The van der Waals surface area contributed by atoms with Crippen molar-refractivity contribution in [2.75, 3.05) is 44.7 Å². The fourth-order valence-electron chi connectivity index (χ4n) is 4.96. The zero-order chi connectivity index (χ0) is 25.5. The van der Waals surface area contributed by atoms with Crippen LogP contribution in [0.5, 0.6) is 0 Å². The number of nitrogens with one attached hydrogen (secondary N) is 1. The molecule has 4 rings (SSSR count). The number of esters is 2. The molecule has 1 atom stereocenters. The molecule has 1 aromatic heterocycles. The molecule has 0 saturated carbocycles. The van der Waals surface area contributed by atoms with Crippen LogP contribution in [0.4, 0.5) is 5.00 Å². The van der Waals surface area contributed by atoms with Gasteiger partial charge in [-0.1, -0.05) is 30.3 Å². The Balaban J connectivity index is 1.45. The molecular weight excluding hydrogens is 478 g/mol. The average Bonchev–Trinajstić information content (AvgIpc) is 3.22. The molecule has 0 unspecified atom stereocenters. The van der Waals surface area contributed by atoms with Crippen molar-refractivity contribution in [1.29, 1.82) is 0 Å². The summed E-state index contributed by atoms with van der Waals surface area (Å²) in [5, 5.41) is 3.55. The molecule has 2 aliphatic rings. The Hall–Kier alpha value is -2.75. The highest BCUT2D eigenvalue weighted by Crippen LogP contribution is 2.38. The predicted octanol–water partition coefficient (Wildman–Crippen LogP) is 3.70. The lowest BCUT2D eigenvalue weighted by molar-refractivity contribution is -0.150. The molecule has 1 saturated heterocycles. The highest BCUT2D eigenvalue weighted by Gasteiger charge is 2.31. The number of nitrogens with zero attached hydrogens (tertiary/aromatic N) is 2. The molecule has 1 amide bonds. The highest BCUT2D eigenvalue weighted by molar-refractivity contribution is 7.17. The number of anilines is 1. The van der Waals surface area contributed by atoms with Crippen molar-refractivity contribution in [3.63, 3.8) is 0 Å². The Morgan fingerprint density at radius 2 is 1.83 bits per heavy atom. The molecule has 1 aromatic carbocycles. The molecule has 0 aliphatic carbocycles. The summed E-state index contributed by atoms with van der Waals surface area (Å²) in [6, 6.07) is 10.3. The molecule has 2 aromatic rings. The maximum absolute atomic E-state index is 13.0. The van der Waals surface area contributed by atoms with E-state index in [-0.39, 0.29) is 36.9 Å². The maximum atomic E-state index is 13.0. The second kappa shape index (κ2) is 12.5. The van der Waals surface area contributed by atoms with Gasteiger partial charge in [0.1, 0.15) is 5.00 Å². The molecule has 0 spiro atoms. The van der Waals surface area contributed by atoms with Crippen LogP contribution < -0.4 is 5.32 Å². The van der Waals surface area contributed by atoms with Gasteiger partial charge in [-0.2, -0.15) is 0 Å². The predicted molar refractivity (Wildman–Crippen MR) is 139 cm³/mol. The van der Waals surface area contributed by atoms with Gasteiger partial charge in [0.25, 0.3) is 0 Å². The zero-order valence-electron chi connectivity index (χ0n) is 21.1. The summed E-state index contributed by atoms with van der Waals surface area (Å²) in [4.78, 5) is 43.5. The molecular formula is C27H35N3O5S. The summed E-state index contributed by atoms with van der Waals surface area (Å²) in [6.45, 7) is 8.05. The Kier molecular flexibility index (Phi) is 9.12. The van der Waals surface area contributed by atoms with Gasteiger partial charge in [0, 0.05) is 31.1 Å². The molecule has 1 fully saturated rings. The van der Waals surface area contributed by atoms with E-state index in [1.807, 2.05) is 23.1 Å². The lowest BCUT2D eigenvalue weighted by Crippen LogP contribution is -2.43. The van der Waals surface area contributed by atoms with E-state index in [9.17, 15) is 14.4 Å². The first-order valence-electron chi connectivity index (χ1n) is 12.7. The molecule has 0 bridgehead atoms. The largest absolute Gasteiger partial charge is 0.466 e. The number of piperidine rings is 1. The summed E-state index contributed by atoms with van der Waals surface area (Å²) in [5.41, 5.74) is 2.73. The Morgan fingerprint density at radius 1 is 1.06 bits per heavy atom. The monoisotopic (exact) mass is 513 g/mol. The Labute approximate surface area is 216 Å². The van der Waals surface area contributed by atoms with Crippen molar-refractivity contribution in [2.45, 2.75) is 46.2 Å². The molecule has 9 heteroatoms. The normalized spacial score (nSPS) is 18.3. The minimum atomic E-state index is -0.387. The number of hydrogen-bond acceptors (Lipinski definition) is 8. The first-order chi connectivity index (χ1) is 17.5. The summed E-state index contributed by atoms with van der Waals surface area (Å²) in [5.74, 6) is -0.976. The number of thiophene rings is 1. The van der Waals surface area contributed by atoms with Crippen LogP contribution in [0, 0.1) is 5.92 Å². The van der Waals surface area contributed by atoms with Gasteiger partial charge in [-0.25, -0.2) is 4.79 Å². The van der Waals surface area contributed by atoms with E-state index in [1.165, 1.54) is 16.9 Å². The van der Waals surface area contributed by atoms with Crippen LogP contribution in [0.15, 0.2) is 30.3 Å². The van der Waals surface area contributed by atoms with Gasteiger partial charge in [-0.05, 0) is 50.8 Å². The highest BCUT2D eigenvalue weighted by atomic mass is 32.1. The third-order valence-electron chi connectivity index (χ3n) is 6.61. The minimum Gasteiger partial charge on any atom is -0.466 e. The quantitative estimate of drug-likeness (QED) is 0.512. The van der Waals surface area contributed by atoms with Crippen LogP contribution in [0.3, 0.4) is 0 Å². The standard InChI is InChI=1S/C27H35N3O5S/c1-3-34-26(32)20-11-8-13-29(16-20)18-23(31)28-25-24(27(33)35-4-2)21-12-14-30(17-22(21)36-25)15-19-9-6-5-7-10-19/h5-7,9-10,20H,3-4,8,11-18H2,1-2H3,(H,28,31)/t20-/m0/s1. The summed E-state index contributed by atoms with van der Waals surface area (Å²) >= 11 is 1.47. The molecule has 1 N–H and O–H groups in total. The van der Waals surface area contributed by atoms with Crippen molar-refractivity contribution in [1.82, 2.24) is 9.80 Å². The molecule has 2 aliphatic heterocycles. The van der Waals surface area contributed by atoms with Crippen LogP contribution in [-0.4, -0.2) is 67.0 Å². The maximum Gasteiger partial charge on any atom is 0.341 e. The number of likely N-dealkylation sites (tertiary alicyclic amines) is 1. The number of fused-ring (bicyclic) bond motifs is 1. The van der Waals surface area contributed by atoms with Gasteiger partial charge >= 0.3 is 11.9 Å². The number of amides is 1. The lowest BCUT2D eigenvalue weighted by atomic mass is 9.98. The molecule has 3 heterocycles. The lowest BCUT2D eigenvalue weighted by Gasteiger charge is -2.30. The second-order valence-corrected chi connectivity index (χ2v) is 10.4. The number of carbonyl (C=O) groups excluding carboxylic acids is 3. The van der Waals surface area contributed by atoms with Crippen LogP contribution >= 0.6 is 11.3 Å². The molecule has 8 nitrogen and oxygen atoms in total. The van der Waals surface area contributed by atoms with Gasteiger partial charge in [-0.15, -0.1) is 11.3 Å². The molecule has 36 heavy (non-hydrogen) atoms. The van der Waals surface area contributed by atoms with E-state index < -0.39 is 0 Å². The first-order valence-corrected chi connectivity index (χ1v) is 13.6. The van der Waals surface area contributed by atoms with Crippen LogP contribution in [-0.2, 0) is 38.6 Å². The van der Waals surface area contributed by atoms with Crippen molar-refractivity contribution in [3.05, 3.63) is 51.9 Å². The summed E-state index contributed by atoms with van der Waals surface area (Å²) in [7, 11) is 0. The molecule has 0 radical (unpaired) electrons. The average molecular weight is 514 g/mol. The number of carbonyl (C=O) groups is 3. The summed E-state index contributed by atoms with van der Waals surface area (Å²) in [6.07, 6.45) is 2.35. The van der Waals surface area contributed by atoms with Crippen LogP contribution in [0.2, 0.25) is 0 Å². The van der Waals surface area contributed by atoms with Crippen molar-refractivity contribution in [2.24, 2.45) is 5.92 Å². The van der Waals surface area contributed by atoms with Crippen LogP contribution in [0.25, 0.3) is 0 Å². The Morgan fingerprint density at radius 3 is 2.58 bits per heavy atom. The number of ether oxygens (including phenoxy) is 2. The fourth-order valence-corrected chi connectivity index (χ4v) is 6.26. The zero-order valence-corrected chi connectivity index (χ0v) is 21.9. The van der Waals surface area contributed by atoms with E-state index in [2.05, 4.69) is 22.3 Å². The van der Waals surface area contributed by atoms with Gasteiger partial charge in [0.2, 0.25) is 5.91 Å². The van der Waals surface area contributed by atoms with E-state index in [4.69, 9.17) is 9.47 Å². The van der Waals surface area contributed by atoms with Gasteiger partial charge in [0.15, 0.2) is 0 Å². The van der Waals surface area contributed by atoms with Crippen molar-refractivity contribution in [3.8, 4) is 0 Å². The van der Waals surface area contributed by atoms with Gasteiger partial charge < -0.3 is 14.8 Å². The number of hydrogen-bond donors (Lipinski definition) is 1. The Bertz CT molecular complexity index is 1070. The number of benzene rings is 1. The van der Waals surface area contributed by atoms with E-state index in [0.717, 1.165) is 55.9 Å². The van der Waals surface area contributed by atoms with Crippen molar-refractivity contribution < 1.29 is 23.9 Å².